The van der Waals surface area contributed by atoms with Crippen molar-refractivity contribution in [2.24, 2.45) is 0 Å². The zero-order valence-corrected chi connectivity index (χ0v) is 7.54. The lowest BCUT2D eigenvalue weighted by molar-refractivity contribution is -0.384. The molecular formula is C8H6ClNO3. The zero-order chi connectivity index (χ0) is 10.0. The molecule has 0 saturated heterocycles. The van der Waals surface area contributed by atoms with Gasteiger partial charge in [0.05, 0.1) is 4.92 Å². The van der Waals surface area contributed by atoms with Crippen molar-refractivity contribution >= 4 is 22.5 Å². The van der Waals surface area contributed by atoms with Crippen molar-refractivity contribution in [1.82, 2.24) is 0 Å². The first kappa shape index (κ1) is 9.67. The highest BCUT2D eigenvalue weighted by molar-refractivity contribution is 6.67. The highest BCUT2D eigenvalue weighted by atomic mass is 35.5. The number of non-ortho nitro benzene ring substituents is 1. The van der Waals surface area contributed by atoms with Gasteiger partial charge in [0.15, 0.2) is 0 Å². The summed E-state index contributed by atoms with van der Waals surface area (Å²) in [6, 6.07) is 3.92. The second kappa shape index (κ2) is 3.53. The Morgan fingerprint density at radius 1 is 1.54 bits per heavy atom. The molecule has 0 N–H and O–H groups in total. The molecule has 0 aliphatic heterocycles. The van der Waals surface area contributed by atoms with Crippen LogP contribution in [0, 0.1) is 17.0 Å². The van der Waals surface area contributed by atoms with E-state index >= 15 is 0 Å². The molecule has 0 aliphatic rings. The number of benzene rings is 1. The van der Waals surface area contributed by atoms with Crippen LogP contribution in [0.1, 0.15) is 15.9 Å². The number of nitro groups is 1. The van der Waals surface area contributed by atoms with E-state index in [-0.39, 0.29) is 5.69 Å². The Labute approximate surface area is 79.3 Å². The van der Waals surface area contributed by atoms with Gasteiger partial charge in [-0.3, -0.25) is 14.9 Å². The largest absolute Gasteiger partial charge is 0.276 e. The maximum absolute atomic E-state index is 10.7. The molecule has 5 heteroatoms. The van der Waals surface area contributed by atoms with Crippen molar-refractivity contribution in [2.45, 2.75) is 6.92 Å². The van der Waals surface area contributed by atoms with E-state index < -0.39 is 10.2 Å². The Hall–Kier alpha value is -1.42. The fourth-order valence-electron chi connectivity index (χ4n) is 0.982. The molecular weight excluding hydrogens is 194 g/mol. The molecule has 1 aromatic rings. The summed E-state index contributed by atoms with van der Waals surface area (Å²) in [5.41, 5.74) is 0.764. The average Bonchev–Trinajstić information content (AvgIpc) is 2.03. The Bertz CT molecular complexity index is 376. The highest BCUT2D eigenvalue weighted by Crippen LogP contribution is 2.18. The number of nitrogens with zero attached hydrogens (tertiary/aromatic N) is 1. The minimum Gasteiger partial charge on any atom is -0.276 e. The molecule has 0 saturated carbocycles. The molecule has 68 valence electrons. The number of aryl methyl sites for hydroxylation is 1. The van der Waals surface area contributed by atoms with E-state index in [1.165, 1.54) is 18.2 Å². The number of rotatable bonds is 2. The van der Waals surface area contributed by atoms with Gasteiger partial charge in [-0.15, -0.1) is 0 Å². The highest BCUT2D eigenvalue weighted by Gasteiger charge is 2.11. The van der Waals surface area contributed by atoms with E-state index in [1.54, 1.807) is 6.92 Å². The van der Waals surface area contributed by atoms with Crippen LogP contribution < -0.4 is 0 Å². The Balaban J connectivity index is 3.20. The third kappa shape index (κ3) is 2.03. The Kier molecular flexibility index (Phi) is 2.63. The smallest absolute Gasteiger partial charge is 0.269 e. The molecule has 0 radical (unpaired) electrons. The molecule has 0 aliphatic carbocycles. The number of hydrogen-bond acceptors (Lipinski definition) is 3. The van der Waals surface area contributed by atoms with Gasteiger partial charge in [-0.25, -0.2) is 0 Å². The lowest BCUT2D eigenvalue weighted by Gasteiger charge is -1.98. The van der Waals surface area contributed by atoms with Crippen LogP contribution >= 0.6 is 11.6 Å². The number of nitro benzene ring substituents is 1. The van der Waals surface area contributed by atoms with Crippen molar-refractivity contribution in [3.63, 3.8) is 0 Å². The Morgan fingerprint density at radius 3 is 2.54 bits per heavy atom. The molecule has 0 heterocycles. The van der Waals surface area contributed by atoms with E-state index in [2.05, 4.69) is 0 Å². The summed E-state index contributed by atoms with van der Waals surface area (Å²) in [5, 5.41) is 9.72. The fraction of sp³-hybridized carbons (Fsp3) is 0.125. The monoisotopic (exact) mass is 199 g/mol. The van der Waals surface area contributed by atoms with Crippen molar-refractivity contribution in [1.29, 1.82) is 0 Å². The van der Waals surface area contributed by atoms with E-state index in [1.807, 2.05) is 0 Å². The van der Waals surface area contributed by atoms with Crippen LogP contribution in [0.4, 0.5) is 5.69 Å². The van der Waals surface area contributed by atoms with Crippen LogP contribution in [0.3, 0.4) is 0 Å². The standard InChI is InChI=1S/C8H6ClNO3/c1-5-4-6(10(12)13)2-3-7(5)8(9)11/h2-4H,1H3. The maximum atomic E-state index is 10.7. The van der Waals surface area contributed by atoms with Crippen LogP contribution in [0.25, 0.3) is 0 Å². The first-order valence-electron chi connectivity index (χ1n) is 3.47. The summed E-state index contributed by atoms with van der Waals surface area (Å²) in [6.07, 6.45) is 0. The summed E-state index contributed by atoms with van der Waals surface area (Å²) in [7, 11) is 0. The van der Waals surface area contributed by atoms with Gasteiger partial charge in [0, 0.05) is 17.7 Å². The van der Waals surface area contributed by atoms with Crippen molar-refractivity contribution in [3.05, 3.63) is 39.4 Å². The number of halogens is 1. The molecule has 0 bridgehead atoms. The van der Waals surface area contributed by atoms with Crippen LogP contribution in [-0.4, -0.2) is 10.2 Å². The maximum Gasteiger partial charge on any atom is 0.269 e. The third-order valence-electron chi connectivity index (χ3n) is 1.63. The lowest BCUT2D eigenvalue weighted by Crippen LogP contribution is -1.95. The molecule has 0 atom stereocenters. The summed E-state index contributed by atoms with van der Waals surface area (Å²) in [5.74, 6) is 0. The summed E-state index contributed by atoms with van der Waals surface area (Å²) < 4.78 is 0. The molecule has 13 heavy (non-hydrogen) atoms. The minimum absolute atomic E-state index is 0.0424. The fourth-order valence-corrected chi connectivity index (χ4v) is 1.19. The first-order valence-corrected chi connectivity index (χ1v) is 3.85. The first-order chi connectivity index (χ1) is 6.02. The van der Waals surface area contributed by atoms with E-state index in [0.717, 1.165) is 0 Å². The molecule has 0 amide bonds. The van der Waals surface area contributed by atoms with Gasteiger partial charge in [-0.05, 0) is 30.2 Å². The number of carbonyl (C=O) groups is 1. The SMILES string of the molecule is Cc1cc([N+](=O)[O-])ccc1C(=O)Cl. The minimum atomic E-state index is -0.604. The normalized spacial score (nSPS) is 9.69. The summed E-state index contributed by atoms with van der Waals surface area (Å²) in [6.45, 7) is 1.60. The van der Waals surface area contributed by atoms with Gasteiger partial charge in [0.2, 0.25) is 0 Å². The van der Waals surface area contributed by atoms with Crippen molar-refractivity contribution < 1.29 is 9.72 Å². The molecule has 0 aromatic heterocycles. The average molecular weight is 200 g/mol. The number of hydrogen-bond donors (Lipinski definition) is 0. The number of carbonyl (C=O) groups excluding carboxylic acids is 1. The van der Waals surface area contributed by atoms with Crippen molar-refractivity contribution in [2.75, 3.05) is 0 Å². The van der Waals surface area contributed by atoms with E-state index in [0.29, 0.717) is 11.1 Å². The lowest BCUT2D eigenvalue weighted by atomic mass is 10.1. The topological polar surface area (TPSA) is 60.2 Å². The van der Waals surface area contributed by atoms with Crippen LogP contribution in [-0.2, 0) is 0 Å². The predicted octanol–water partition coefficient (Wildman–Crippen LogP) is 2.28. The Morgan fingerprint density at radius 2 is 2.15 bits per heavy atom. The van der Waals surface area contributed by atoms with Gasteiger partial charge in [-0.2, -0.15) is 0 Å². The quantitative estimate of drug-likeness (QED) is 0.417. The zero-order valence-electron chi connectivity index (χ0n) is 6.78. The van der Waals surface area contributed by atoms with Gasteiger partial charge >= 0.3 is 0 Å². The van der Waals surface area contributed by atoms with Crippen LogP contribution in [0.15, 0.2) is 18.2 Å². The van der Waals surface area contributed by atoms with Gasteiger partial charge in [0.25, 0.3) is 10.9 Å². The van der Waals surface area contributed by atoms with E-state index in [4.69, 9.17) is 11.6 Å². The van der Waals surface area contributed by atoms with Crippen LogP contribution in [0.5, 0.6) is 0 Å². The second-order valence-corrected chi connectivity index (χ2v) is 2.87. The van der Waals surface area contributed by atoms with Crippen molar-refractivity contribution in [3.8, 4) is 0 Å². The van der Waals surface area contributed by atoms with Gasteiger partial charge < -0.3 is 0 Å². The summed E-state index contributed by atoms with van der Waals surface area (Å²) >= 11 is 5.23. The molecule has 1 rings (SSSR count). The third-order valence-corrected chi connectivity index (χ3v) is 1.84. The second-order valence-electron chi connectivity index (χ2n) is 2.53. The van der Waals surface area contributed by atoms with E-state index in [9.17, 15) is 14.9 Å². The van der Waals surface area contributed by atoms with Gasteiger partial charge in [0.1, 0.15) is 0 Å². The van der Waals surface area contributed by atoms with Gasteiger partial charge in [-0.1, -0.05) is 0 Å². The predicted molar refractivity (Wildman–Crippen MR) is 48.0 cm³/mol. The molecule has 1 aromatic carbocycles. The molecule has 0 spiro atoms. The molecule has 0 unspecified atom stereocenters. The molecule has 0 fully saturated rings. The summed E-state index contributed by atoms with van der Waals surface area (Å²) in [4.78, 5) is 20.5. The molecule has 4 nitrogen and oxygen atoms in total. The van der Waals surface area contributed by atoms with Crippen LogP contribution in [0.2, 0.25) is 0 Å².